The van der Waals surface area contributed by atoms with E-state index in [4.69, 9.17) is 18.0 Å². The molecule has 1 unspecified atom stereocenters. The summed E-state index contributed by atoms with van der Waals surface area (Å²) in [4.78, 5) is 11.0. The number of nitrogens with one attached hydrogen (secondary N) is 2. The Labute approximate surface area is 90.6 Å². The number of thiocarbonyl (C=S) groups is 1. The van der Waals surface area contributed by atoms with E-state index in [2.05, 4.69) is 10.6 Å². The maximum absolute atomic E-state index is 11.0. The molecule has 82 valence electrons. The summed E-state index contributed by atoms with van der Waals surface area (Å²) in [5.41, 5.74) is 5.23. The van der Waals surface area contributed by atoms with Gasteiger partial charge in [0.1, 0.15) is 6.04 Å². The zero-order valence-electron chi connectivity index (χ0n) is 9.13. The van der Waals surface area contributed by atoms with E-state index in [-0.39, 0.29) is 17.9 Å². The third-order valence-corrected chi connectivity index (χ3v) is 1.92. The Kier molecular flexibility index (Phi) is 5.45. The summed E-state index contributed by atoms with van der Waals surface area (Å²) in [5.74, 6) is -0.257. The van der Waals surface area contributed by atoms with E-state index in [1.807, 2.05) is 27.7 Å². The highest BCUT2D eigenvalue weighted by atomic mass is 32.1. The lowest BCUT2D eigenvalue weighted by Gasteiger charge is -2.22. The van der Waals surface area contributed by atoms with Crippen molar-refractivity contribution < 1.29 is 4.79 Å². The van der Waals surface area contributed by atoms with Crippen LogP contribution in [-0.2, 0) is 4.79 Å². The third kappa shape index (κ3) is 5.01. The minimum absolute atomic E-state index is 0.124. The summed E-state index contributed by atoms with van der Waals surface area (Å²) in [6.07, 6.45) is 0. The largest absolute Gasteiger partial charge is 0.368 e. The van der Waals surface area contributed by atoms with Gasteiger partial charge in [-0.05, 0) is 32.0 Å². The summed E-state index contributed by atoms with van der Waals surface area (Å²) >= 11 is 5.01. The van der Waals surface area contributed by atoms with Gasteiger partial charge < -0.3 is 16.4 Å². The van der Waals surface area contributed by atoms with Crippen LogP contribution in [-0.4, -0.2) is 23.1 Å². The van der Waals surface area contributed by atoms with E-state index in [1.54, 1.807) is 0 Å². The summed E-state index contributed by atoms with van der Waals surface area (Å²) in [7, 11) is 0. The average Bonchev–Trinajstić information content (AvgIpc) is 1.97. The Bertz CT molecular complexity index is 216. The minimum Gasteiger partial charge on any atom is -0.368 e. The van der Waals surface area contributed by atoms with Gasteiger partial charge in [0.2, 0.25) is 5.91 Å². The molecule has 1 atom stereocenters. The van der Waals surface area contributed by atoms with E-state index < -0.39 is 6.04 Å². The molecule has 0 radical (unpaired) electrons. The molecular formula is C9H19N3OS. The Morgan fingerprint density at radius 1 is 1.21 bits per heavy atom. The fourth-order valence-corrected chi connectivity index (χ4v) is 1.37. The van der Waals surface area contributed by atoms with Gasteiger partial charge in [0.25, 0.3) is 0 Å². The molecule has 0 aromatic carbocycles. The second kappa shape index (κ2) is 5.80. The molecule has 0 bridgehead atoms. The van der Waals surface area contributed by atoms with Crippen molar-refractivity contribution in [2.24, 2.45) is 11.7 Å². The maximum Gasteiger partial charge on any atom is 0.240 e. The zero-order valence-corrected chi connectivity index (χ0v) is 9.94. The number of hydrogen-bond donors (Lipinski definition) is 3. The molecule has 0 heterocycles. The van der Waals surface area contributed by atoms with Gasteiger partial charge in [-0.1, -0.05) is 13.8 Å². The highest BCUT2D eigenvalue weighted by Gasteiger charge is 2.19. The van der Waals surface area contributed by atoms with Crippen molar-refractivity contribution in [3.8, 4) is 0 Å². The standard InChI is InChI=1S/C9H19N3OS/c1-5(2)7(8(10)13)12-9(14)11-6(3)4/h5-7H,1-4H3,(H2,10,13)(H2,11,12,14). The van der Waals surface area contributed by atoms with Crippen molar-refractivity contribution in [2.75, 3.05) is 0 Å². The van der Waals surface area contributed by atoms with Gasteiger partial charge in [0.05, 0.1) is 0 Å². The molecule has 14 heavy (non-hydrogen) atoms. The molecular weight excluding hydrogens is 198 g/mol. The van der Waals surface area contributed by atoms with Crippen LogP contribution in [0.15, 0.2) is 0 Å². The van der Waals surface area contributed by atoms with Crippen LogP contribution in [0, 0.1) is 5.92 Å². The third-order valence-electron chi connectivity index (χ3n) is 1.68. The molecule has 0 spiro atoms. The Hall–Kier alpha value is -0.840. The fourth-order valence-electron chi connectivity index (χ4n) is 1.01. The first-order valence-electron chi connectivity index (χ1n) is 4.71. The fraction of sp³-hybridized carbons (Fsp3) is 0.778. The van der Waals surface area contributed by atoms with E-state index in [0.717, 1.165) is 0 Å². The Balaban J connectivity index is 4.17. The van der Waals surface area contributed by atoms with Gasteiger partial charge in [-0.15, -0.1) is 0 Å². The molecule has 0 aromatic heterocycles. The van der Waals surface area contributed by atoms with Crippen LogP contribution in [0.2, 0.25) is 0 Å². The number of nitrogens with two attached hydrogens (primary N) is 1. The predicted octanol–water partition coefficient (Wildman–Crippen LogP) is 0.369. The van der Waals surface area contributed by atoms with Crippen LogP contribution >= 0.6 is 12.2 Å². The van der Waals surface area contributed by atoms with Crippen molar-refractivity contribution in [1.29, 1.82) is 0 Å². The van der Waals surface area contributed by atoms with Crippen LogP contribution in [0.25, 0.3) is 0 Å². The van der Waals surface area contributed by atoms with Gasteiger partial charge in [-0.2, -0.15) is 0 Å². The van der Waals surface area contributed by atoms with Crippen LogP contribution in [0.4, 0.5) is 0 Å². The SMILES string of the molecule is CC(C)NC(=S)NC(C(N)=O)C(C)C. The number of rotatable bonds is 4. The molecule has 0 aliphatic rings. The number of primary amides is 1. The second-order valence-corrected chi connectivity index (χ2v) is 4.30. The first kappa shape index (κ1) is 13.2. The summed E-state index contributed by atoms with van der Waals surface area (Å²) < 4.78 is 0. The molecule has 0 fully saturated rings. The molecule has 0 aliphatic carbocycles. The van der Waals surface area contributed by atoms with Crippen molar-refractivity contribution in [3.05, 3.63) is 0 Å². The Morgan fingerprint density at radius 2 is 1.71 bits per heavy atom. The van der Waals surface area contributed by atoms with E-state index in [9.17, 15) is 4.79 Å². The van der Waals surface area contributed by atoms with Gasteiger partial charge >= 0.3 is 0 Å². The summed E-state index contributed by atoms with van der Waals surface area (Å²) in [5, 5.41) is 6.36. The monoisotopic (exact) mass is 217 g/mol. The number of hydrogen-bond acceptors (Lipinski definition) is 2. The first-order chi connectivity index (χ1) is 6.34. The van der Waals surface area contributed by atoms with Crippen molar-refractivity contribution in [2.45, 2.75) is 39.8 Å². The Morgan fingerprint density at radius 3 is 2.00 bits per heavy atom. The highest BCUT2D eigenvalue weighted by Crippen LogP contribution is 2.00. The number of carbonyl (C=O) groups excluding carboxylic acids is 1. The molecule has 0 aromatic rings. The smallest absolute Gasteiger partial charge is 0.240 e. The molecule has 5 heteroatoms. The highest BCUT2D eigenvalue weighted by molar-refractivity contribution is 7.80. The van der Waals surface area contributed by atoms with Crippen LogP contribution in [0.1, 0.15) is 27.7 Å². The molecule has 0 rings (SSSR count). The lowest BCUT2D eigenvalue weighted by molar-refractivity contribution is -0.120. The summed E-state index contributed by atoms with van der Waals surface area (Å²) in [6, 6.07) is -0.163. The topological polar surface area (TPSA) is 67.2 Å². The van der Waals surface area contributed by atoms with Crippen LogP contribution in [0.5, 0.6) is 0 Å². The molecule has 4 N–H and O–H groups in total. The number of amides is 1. The maximum atomic E-state index is 11.0. The van der Waals surface area contributed by atoms with Gasteiger partial charge in [0, 0.05) is 6.04 Å². The predicted molar refractivity (Wildman–Crippen MR) is 61.8 cm³/mol. The van der Waals surface area contributed by atoms with E-state index in [1.165, 1.54) is 0 Å². The molecule has 4 nitrogen and oxygen atoms in total. The van der Waals surface area contributed by atoms with Gasteiger partial charge in [-0.3, -0.25) is 4.79 Å². The molecule has 0 saturated heterocycles. The van der Waals surface area contributed by atoms with E-state index in [0.29, 0.717) is 5.11 Å². The van der Waals surface area contributed by atoms with Crippen molar-refractivity contribution in [1.82, 2.24) is 10.6 Å². The molecule has 0 saturated carbocycles. The quantitative estimate of drug-likeness (QED) is 0.595. The lowest BCUT2D eigenvalue weighted by atomic mass is 10.0. The van der Waals surface area contributed by atoms with E-state index >= 15 is 0 Å². The van der Waals surface area contributed by atoms with Crippen LogP contribution < -0.4 is 16.4 Å². The normalized spacial score (nSPS) is 12.7. The first-order valence-corrected chi connectivity index (χ1v) is 5.11. The number of carbonyl (C=O) groups is 1. The lowest BCUT2D eigenvalue weighted by Crippen LogP contribution is -2.52. The molecule has 0 aliphatic heterocycles. The average molecular weight is 217 g/mol. The van der Waals surface area contributed by atoms with Crippen molar-refractivity contribution in [3.63, 3.8) is 0 Å². The summed E-state index contributed by atoms with van der Waals surface area (Å²) in [6.45, 7) is 7.78. The van der Waals surface area contributed by atoms with Gasteiger partial charge in [-0.25, -0.2) is 0 Å². The second-order valence-electron chi connectivity index (χ2n) is 3.90. The van der Waals surface area contributed by atoms with Crippen LogP contribution in [0.3, 0.4) is 0 Å². The minimum atomic E-state index is -0.409. The van der Waals surface area contributed by atoms with Crippen molar-refractivity contribution >= 4 is 23.2 Å². The zero-order chi connectivity index (χ0) is 11.3. The van der Waals surface area contributed by atoms with Gasteiger partial charge in [0.15, 0.2) is 5.11 Å². The molecule has 1 amide bonds.